The van der Waals surface area contributed by atoms with Crippen LogP contribution in [0, 0.1) is 0 Å². The van der Waals surface area contributed by atoms with Crippen LogP contribution >= 0.6 is 0 Å². The molecule has 0 unspecified atom stereocenters. The van der Waals surface area contributed by atoms with E-state index in [9.17, 15) is 18.4 Å². The zero-order valence-corrected chi connectivity index (χ0v) is 7.93. The van der Waals surface area contributed by atoms with Gasteiger partial charge < -0.3 is 15.7 Å². The molecule has 0 radical (unpaired) electrons. The van der Waals surface area contributed by atoms with Crippen LogP contribution < -0.4 is 10.6 Å². The van der Waals surface area contributed by atoms with E-state index < -0.39 is 31.0 Å². The van der Waals surface area contributed by atoms with E-state index in [4.69, 9.17) is 5.11 Å². The molecule has 1 heterocycles. The number of aliphatic hydroxyl groups is 1. The molecule has 0 aromatic heterocycles. The summed E-state index contributed by atoms with van der Waals surface area (Å²) in [6, 6.07) is -0.730. The number of nitrogens with one attached hydrogen (secondary N) is 2. The maximum absolute atomic E-state index is 12.5. The van der Waals surface area contributed by atoms with Crippen molar-refractivity contribution in [2.75, 3.05) is 13.2 Å². The minimum Gasteiger partial charge on any atom is -0.390 e. The monoisotopic (exact) mass is 222 g/mol. The Morgan fingerprint density at radius 2 is 2.33 bits per heavy atom. The van der Waals surface area contributed by atoms with Gasteiger partial charge in [0.15, 0.2) is 0 Å². The van der Waals surface area contributed by atoms with Crippen molar-refractivity contribution in [1.29, 1.82) is 0 Å². The smallest absolute Gasteiger partial charge is 0.287 e. The van der Waals surface area contributed by atoms with E-state index in [1.807, 2.05) is 5.32 Å². The summed E-state index contributed by atoms with van der Waals surface area (Å²) in [4.78, 5) is 21.9. The predicted octanol–water partition coefficient (Wildman–Crippen LogP) is -0.991. The van der Waals surface area contributed by atoms with Crippen LogP contribution in [0.25, 0.3) is 0 Å². The van der Waals surface area contributed by atoms with Crippen molar-refractivity contribution in [1.82, 2.24) is 10.6 Å². The largest absolute Gasteiger partial charge is 0.390 e. The third-order valence-electron chi connectivity index (χ3n) is 2.06. The minimum absolute atomic E-state index is 0.231. The van der Waals surface area contributed by atoms with Gasteiger partial charge in [-0.2, -0.15) is 0 Å². The molecule has 3 N–H and O–H groups in total. The van der Waals surface area contributed by atoms with E-state index in [0.29, 0.717) is 6.42 Å². The number of hydrogen-bond acceptors (Lipinski definition) is 3. The van der Waals surface area contributed by atoms with Crippen molar-refractivity contribution < 1.29 is 23.5 Å². The van der Waals surface area contributed by atoms with Gasteiger partial charge in [-0.25, -0.2) is 8.78 Å². The van der Waals surface area contributed by atoms with E-state index in [0.717, 1.165) is 0 Å². The summed E-state index contributed by atoms with van der Waals surface area (Å²) in [7, 11) is 0. The van der Waals surface area contributed by atoms with Gasteiger partial charge >= 0.3 is 0 Å². The number of aliphatic hydroxyl groups excluding tert-OH is 1. The first kappa shape index (κ1) is 11.8. The van der Waals surface area contributed by atoms with Gasteiger partial charge in [0.25, 0.3) is 5.92 Å². The van der Waals surface area contributed by atoms with Crippen molar-refractivity contribution in [2.24, 2.45) is 0 Å². The number of halogens is 2. The second-order valence-corrected chi connectivity index (χ2v) is 3.39. The molecule has 1 rings (SSSR count). The highest BCUT2D eigenvalue weighted by Crippen LogP contribution is 2.11. The summed E-state index contributed by atoms with van der Waals surface area (Å²) in [6.45, 7) is -2.24. The fraction of sp³-hybridized carbons (Fsp3) is 0.750. The normalized spacial score (nSPS) is 21.3. The van der Waals surface area contributed by atoms with Gasteiger partial charge in [0.05, 0.1) is 6.54 Å². The number of alkyl halides is 2. The van der Waals surface area contributed by atoms with Crippen LogP contribution in [0.3, 0.4) is 0 Å². The molecule has 1 saturated heterocycles. The van der Waals surface area contributed by atoms with Crippen LogP contribution in [-0.4, -0.2) is 42.0 Å². The molecule has 1 aliphatic heterocycles. The third kappa shape index (κ3) is 3.43. The lowest BCUT2D eigenvalue weighted by Crippen LogP contribution is -2.46. The van der Waals surface area contributed by atoms with Gasteiger partial charge in [-0.3, -0.25) is 9.59 Å². The maximum Gasteiger partial charge on any atom is 0.287 e. The first-order chi connectivity index (χ1) is 6.94. The molecule has 15 heavy (non-hydrogen) atoms. The Morgan fingerprint density at radius 1 is 1.67 bits per heavy atom. The fourth-order valence-corrected chi connectivity index (χ4v) is 1.21. The summed E-state index contributed by atoms with van der Waals surface area (Å²) in [5.41, 5.74) is 0. The Labute approximate surface area is 84.8 Å². The molecule has 0 bridgehead atoms. The Bertz CT molecular complexity index is 271. The molecule has 1 aliphatic rings. The Balaban J connectivity index is 2.33. The zero-order valence-electron chi connectivity index (χ0n) is 7.93. The summed E-state index contributed by atoms with van der Waals surface area (Å²) in [5.74, 6) is -4.23. The van der Waals surface area contributed by atoms with Crippen LogP contribution in [0.1, 0.15) is 12.8 Å². The van der Waals surface area contributed by atoms with E-state index in [1.54, 1.807) is 0 Å². The van der Waals surface area contributed by atoms with Crippen LogP contribution in [0.2, 0.25) is 0 Å². The molecule has 0 spiro atoms. The van der Waals surface area contributed by atoms with Crippen LogP contribution in [0.5, 0.6) is 0 Å². The molecule has 2 amide bonds. The van der Waals surface area contributed by atoms with E-state index in [1.165, 1.54) is 0 Å². The standard InChI is InChI=1S/C8H12F2N2O3/c9-8(10,4-13)3-11-7(15)5-1-2-6(14)12-5/h5,13H,1-4H2,(H,11,15)(H,12,14)/t5-/m0/s1. The minimum atomic E-state index is -3.32. The molecule has 1 atom stereocenters. The van der Waals surface area contributed by atoms with Crippen molar-refractivity contribution in [3.05, 3.63) is 0 Å². The van der Waals surface area contributed by atoms with Gasteiger partial charge in [-0.05, 0) is 6.42 Å². The van der Waals surface area contributed by atoms with Crippen molar-refractivity contribution in [3.63, 3.8) is 0 Å². The van der Waals surface area contributed by atoms with Crippen LogP contribution in [0.4, 0.5) is 8.78 Å². The lowest BCUT2D eigenvalue weighted by atomic mass is 10.2. The molecule has 86 valence electrons. The van der Waals surface area contributed by atoms with Gasteiger partial charge in [-0.1, -0.05) is 0 Å². The molecule has 0 saturated carbocycles. The highest BCUT2D eigenvalue weighted by atomic mass is 19.3. The van der Waals surface area contributed by atoms with Crippen molar-refractivity contribution >= 4 is 11.8 Å². The van der Waals surface area contributed by atoms with E-state index in [-0.39, 0.29) is 12.3 Å². The topological polar surface area (TPSA) is 78.4 Å². The SMILES string of the molecule is O=C1CC[C@@H](C(=O)NCC(F)(F)CO)N1. The summed E-state index contributed by atoms with van der Waals surface area (Å²) in [5, 5.41) is 12.6. The molecule has 1 fully saturated rings. The van der Waals surface area contributed by atoms with E-state index in [2.05, 4.69) is 5.32 Å². The van der Waals surface area contributed by atoms with E-state index >= 15 is 0 Å². The summed E-state index contributed by atoms with van der Waals surface area (Å²) < 4.78 is 25.0. The van der Waals surface area contributed by atoms with Crippen LogP contribution in [-0.2, 0) is 9.59 Å². The number of rotatable bonds is 4. The molecule has 0 aromatic rings. The molecular formula is C8H12F2N2O3. The quantitative estimate of drug-likeness (QED) is 0.571. The lowest BCUT2D eigenvalue weighted by Gasteiger charge is -2.16. The average Bonchev–Trinajstić information content (AvgIpc) is 2.61. The lowest BCUT2D eigenvalue weighted by molar-refractivity contribution is -0.127. The molecule has 0 aliphatic carbocycles. The Morgan fingerprint density at radius 3 is 2.80 bits per heavy atom. The summed E-state index contributed by atoms with van der Waals surface area (Å²) in [6.07, 6.45) is 0.545. The Hall–Kier alpha value is -1.24. The molecule has 0 aromatic carbocycles. The Kier molecular flexibility index (Phi) is 3.57. The first-order valence-corrected chi connectivity index (χ1v) is 4.50. The molecular weight excluding hydrogens is 210 g/mol. The highest BCUT2D eigenvalue weighted by Gasteiger charge is 2.32. The highest BCUT2D eigenvalue weighted by molar-refractivity contribution is 5.90. The second kappa shape index (κ2) is 4.52. The third-order valence-corrected chi connectivity index (χ3v) is 2.06. The first-order valence-electron chi connectivity index (χ1n) is 4.50. The van der Waals surface area contributed by atoms with Gasteiger partial charge in [-0.15, -0.1) is 0 Å². The average molecular weight is 222 g/mol. The van der Waals surface area contributed by atoms with Crippen molar-refractivity contribution in [2.45, 2.75) is 24.8 Å². The number of carbonyl (C=O) groups excluding carboxylic acids is 2. The molecule has 7 heteroatoms. The van der Waals surface area contributed by atoms with Gasteiger partial charge in [0.2, 0.25) is 11.8 Å². The summed E-state index contributed by atoms with van der Waals surface area (Å²) >= 11 is 0. The van der Waals surface area contributed by atoms with Gasteiger partial charge in [0, 0.05) is 6.42 Å². The maximum atomic E-state index is 12.5. The molecule has 5 nitrogen and oxygen atoms in total. The number of hydrogen-bond donors (Lipinski definition) is 3. The number of amides is 2. The van der Waals surface area contributed by atoms with Gasteiger partial charge in [0.1, 0.15) is 12.6 Å². The predicted molar refractivity (Wildman–Crippen MR) is 46.2 cm³/mol. The number of carbonyl (C=O) groups is 2. The van der Waals surface area contributed by atoms with Crippen LogP contribution in [0.15, 0.2) is 0 Å². The zero-order chi connectivity index (χ0) is 11.5. The fourth-order valence-electron chi connectivity index (χ4n) is 1.21. The van der Waals surface area contributed by atoms with Crippen molar-refractivity contribution in [3.8, 4) is 0 Å². The second-order valence-electron chi connectivity index (χ2n) is 3.39.